The third-order valence-corrected chi connectivity index (χ3v) is 3.88. The van der Waals surface area contributed by atoms with Crippen LogP contribution in [0.1, 0.15) is 12.8 Å². The molecule has 2 rings (SSSR count). The summed E-state index contributed by atoms with van der Waals surface area (Å²) in [4.78, 5) is 0. The van der Waals surface area contributed by atoms with Gasteiger partial charge in [-0.25, -0.2) is 0 Å². The van der Waals surface area contributed by atoms with E-state index in [1.165, 1.54) is 0 Å². The Bertz CT molecular complexity index is 264. The van der Waals surface area contributed by atoms with E-state index in [4.69, 9.17) is 0 Å². The Balaban J connectivity index is 2.22. The highest BCUT2D eigenvalue weighted by atomic mass is 31.1. The largest absolute Gasteiger partial charge is 0.379 e. The van der Waals surface area contributed by atoms with Crippen LogP contribution in [0.25, 0.3) is 0 Å². The molecule has 1 atom stereocenters. The van der Waals surface area contributed by atoms with Crippen LogP contribution >= 0.6 is 7.80 Å². The first-order chi connectivity index (χ1) is 5.38. The van der Waals surface area contributed by atoms with E-state index in [9.17, 15) is 4.57 Å². The maximum atomic E-state index is 11.6. The van der Waals surface area contributed by atoms with E-state index in [1.807, 2.05) is 30.3 Å². The lowest BCUT2D eigenvalue weighted by Crippen LogP contribution is -1.95. The molecular weight excluding hydrogens is 155 g/mol. The van der Waals surface area contributed by atoms with Gasteiger partial charge in [0.05, 0.1) is 0 Å². The topological polar surface area (TPSA) is 17.1 Å². The van der Waals surface area contributed by atoms with Crippen LogP contribution in [-0.4, -0.2) is 5.66 Å². The van der Waals surface area contributed by atoms with Crippen molar-refractivity contribution in [1.82, 2.24) is 0 Å². The van der Waals surface area contributed by atoms with Gasteiger partial charge in [0.2, 0.25) is 0 Å². The summed E-state index contributed by atoms with van der Waals surface area (Å²) < 4.78 is 11.6. The van der Waals surface area contributed by atoms with Gasteiger partial charge >= 0.3 is 7.80 Å². The van der Waals surface area contributed by atoms with Gasteiger partial charge in [0.15, 0.2) is 11.0 Å². The fourth-order valence-corrected chi connectivity index (χ4v) is 2.60. The highest BCUT2D eigenvalue weighted by Gasteiger charge is 2.42. The molecule has 0 aliphatic heterocycles. The molecule has 0 radical (unpaired) electrons. The van der Waals surface area contributed by atoms with E-state index >= 15 is 0 Å². The van der Waals surface area contributed by atoms with Crippen molar-refractivity contribution >= 4 is 13.1 Å². The van der Waals surface area contributed by atoms with Crippen LogP contribution in [0.15, 0.2) is 30.3 Å². The summed E-state index contributed by atoms with van der Waals surface area (Å²) in [7, 11) is -1.07. The first-order valence-electron chi connectivity index (χ1n) is 3.89. The van der Waals surface area contributed by atoms with Gasteiger partial charge in [0, 0.05) is 0 Å². The molecule has 0 N–H and O–H groups in total. The molecule has 0 saturated heterocycles. The second-order valence-electron chi connectivity index (χ2n) is 2.89. The lowest BCUT2D eigenvalue weighted by Gasteiger charge is -1.83. The summed E-state index contributed by atoms with van der Waals surface area (Å²) >= 11 is 0. The average molecular weight is 165 g/mol. The number of benzene rings is 1. The molecule has 1 nitrogen and oxygen atoms in total. The van der Waals surface area contributed by atoms with Crippen LogP contribution in [0.4, 0.5) is 0 Å². The van der Waals surface area contributed by atoms with Crippen molar-refractivity contribution in [2.24, 2.45) is 0 Å². The third-order valence-electron chi connectivity index (χ3n) is 1.89. The Kier molecular flexibility index (Phi) is 1.75. The molecule has 2 heteroatoms. The van der Waals surface area contributed by atoms with Crippen molar-refractivity contribution in [3.05, 3.63) is 30.3 Å². The van der Waals surface area contributed by atoms with Gasteiger partial charge in [-0.15, -0.1) is 0 Å². The Morgan fingerprint density at radius 3 is 2.36 bits per heavy atom. The molecular formula is C9H10OP+. The van der Waals surface area contributed by atoms with E-state index in [-0.39, 0.29) is 0 Å². The molecule has 1 aromatic rings. The average Bonchev–Trinajstić information content (AvgIpc) is 2.87. The fraction of sp³-hybridized carbons (Fsp3) is 0.333. The molecule has 1 aliphatic rings. The lowest BCUT2D eigenvalue weighted by atomic mass is 10.4. The third kappa shape index (κ3) is 1.49. The molecule has 1 aliphatic carbocycles. The van der Waals surface area contributed by atoms with Gasteiger partial charge in [-0.1, -0.05) is 22.8 Å². The molecule has 1 saturated carbocycles. The van der Waals surface area contributed by atoms with Crippen molar-refractivity contribution < 1.29 is 4.57 Å². The standard InChI is InChI=1S/C9H10OP/c10-11(9-6-7-9)8-4-2-1-3-5-8/h1-5,9H,6-7H2/q+1. The second-order valence-corrected chi connectivity index (χ2v) is 4.79. The van der Waals surface area contributed by atoms with Crippen LogP contribution in [0.3, 0.4) is 0 Å². The van der Waals surface area contributed by atoms with Gasteiger partial charge < -0.3 is 0 Å². The summed E-state index contributed by atoms with van der Waals surface area (Å²) in [6, 6.07) is 9.77. The number of hydrogen-bond acceptors (Lipinski definition) is 1. The summed E-state index contributed by atoms with van der Waals surface area (Å²) in [5.41, 5.74) is 0.493. The highest BCUT2D eigenvalue weighted by molar-refractivity contribution is 7.54. The minimum absolute atomic E-state index is 0.493. The van der Waals surface area contributed by atoms with E-state index in [2.05, 4.69) is 0 Å². The van der Waals surface area contributed by atoms with Crippen LogP contribution < -0.4 is 5.30 Å². The van der Waals surface area contributed by atoms with Gasteiger partial charge in [-0.05, 0) is 25.0 Å². The SMILES string of the molecule is O=[P+](c1ccccc1)C1CC1. The molecule has 56 valence electrons. The smallest absolute Gasteiger partial charge is 0.0678 e. The Morgan fingerprint density at radius 1 is 1.18 bits per heavy atom. The van der Waals surface area contributed by atoms with E-state index in [0.29, 0.717) is 5.66 Å². The van der Waals surface area contributed by atoms with Crippen LogP contribution in [0, 0.1) is 0 Å². The fourth-order valence-electron chi connectivity index (χ4n) is 1.09. The monoisotopic (exact) mass is 165 g/mol. The van der Waals surface area contributed by atoms with Gasteiger partial charge in [0.1, 0.15) is 0 Å². The molecule has 1 aromatic carbocycles. The minimum Gasteiger partial charge on any atom is -0.0678 e. The van der Waals surface area contributed by atoms with Crippen molar-refractivity contribution in [3.8, 4) is 0 Å². The first-order valence-corrected chi connectivity index (χ1v) is 5.22. The first kappa shape index (κ1) is 7.00. The van der Waals surface area contributed by atoms with Crippen molar-refractivity contribution in [2.75, 3.05) is 0 Å². The van der Waals surface area contributed by atoms with Crippen molar-refractivity contribution in [1.29, 1.82) is 0 Å². The zero-order valence-electron chi connectivity index (χ0n) is 6.23. The molecule has 0 bridgehead atoms. The van der Waals surface area contributed by atoms with Crippen molar-refractivity contribution in [2.45, 2.75) is 18.5 Å². The second kappa shape index (κ2) is 2.75. The highest BCUT2D eigenvalue weighted by Crippen LogP contribution is 2.43. The van der Waals surface area contributed by atoms with Crippen LogP contribution in [-0.2, 0) is 4.57 Å². The molecule has 0 spiro atoms. The molecule has 0 heterocycles. The van der Waals surface area contributed by atoms with Crippen molar-refractivity contribution in [3.63, 3.8) is 0 Å². The summed E-state index contributed by atoms with van der Waals surface area (Å²) in [5, 5.41) is 1.02. The normalized spacial score (nSPS) is 18.0. The molecule has 1 unspecified atom stereocenters. The van der Waals surface area contributed by atoms with E-state index in [1.54, 1.807) is 0 Å². The van der Waals surface area contributed by atoms with Gasteiger partial charge in [-0.2, -0.15) is 0 Å². The predicted molar refractivity (Wildman–Crippen MR) is 46.7 cm³/mol. The Morgan fingerprint density at radius 2 is 1.82 bits per heavy atom. The summed E-state index contributed by atoms with van der Waals surface area (Å²) in [5.74, 6) is 0. The molecule has 0 amide bonds. The van der Waals surface area contributed by atoms with Crippen LogP contribution in [0.2, 0.25) is 0 Å². The molecule has 11 heavy (non-hydrogen) atoms. The Hall–Kier alpha value is -0.680. The number of hydrogen-bond donors (Lipinski definition) is 0. The van der Waals surface area contributed by atoms with Gasteiger partial charge in [0.25, 0.3) is 0 Å². The molecule has 1 fully saturated rings. The zero-order chi connectivity index (χ0) is 7.68. The van der Waals surface area contributed by atoms with E-state index < -0.39 is 7.80 Å². The minimum atomic E-state index is -1.07. The quantitative estimate of drug-likeness (QED) is 0.614. The molecule has 0 aromatic heterocycles. The zero-order valence-corrected chi connectivity index (χ0v) is 7.13. The maximum Gasteiger partial charge on any atom is 0.379 e. The van der Waals surface area contributed by atoms with Gasteiger partial charge in [-0.3, -0.25) is 0 Å². The predicted octanol–water partition coefficient (Wildman–Crippen LogP) is 2.30. The number of rotatable bonds is 2. The maximum absolute atomic E-state index is 11.6. The summed E-state index contributed by atoms with van der Waals surface area (Å²) in [6.07, 6.45) is 2.31. The van der Waals surface area contributed by atoms with Crippen LogP contribution in [0.5, 0.6) is 0 Å². The Labute approximate surface area is 67.2 Å². The summed E-state index contributed by atoms with van der Waals surface area (Å²) in [6.45, 7) is 0. The van der Waals surface area contributed by atoms with E-state index in [0.717, 1.165) is 18.1 Å². The lowest BCUT2D eigenvalue weighted by molar-refractivity contribution is 0.592.